The summed E-state index contributed by atoms with van der Waals surface area (Å²) in [6.45, 7) is 4.87. The van der Waals surface area contributed by atoms with Crippen LogP contribution in [0.15, 0.2) is 18.2 Å². The van der Waals surface area contributed by atoms with E-state index < -0.39 is 0 Å². The Bertz CT molecular complexity index is 424. The minimum atomic E-state index is -0.210. The second-order valence-electron chi connectivity index (χ2n) is 4.69. The van der Waals surface area contributed by atoms with E-state index in [9.17, 15) is 4.79 Å². The fraction of sp³-hybridized carbons (Fsp3) is 0.500. The number of amides is 1. The lowest BCUT2D eigenvalue weighted by Gasteiger charge is -2.11. The van der Waals surface area contributed by atoms with Crippen molar-refractivity contribution in [1.82, 2.24) is 0 Å². The van der Waals surface area contributed by atoms with Crippen LogP contribution in [0, 0.1) is 5.92 Å². The van der Waals surface area contributed by atoms with Crippen LogP contribution in [0.2, 0.25) is 5.02 Å². The molecular formula is C14H21ClN2O2. The topological polar surface area (TPSA) is 64.3 Å². The summed E-state index contributed by atoms with van der Waals surface area (Å²) in [7, 11) is 0. The van der Waals surface area contributed by atoms with Gasteiger partial charge in [0, 0.05) is 11.6 Å². The van der Waals surface area contributed by atoms with Crippen molar-refractivity contribution in [3.05, 3.63) is 23.2 Å². The van der Waals surface area contributed by atoms with Crippen LogP contribution < -0.4 is 11.1 Å². The highest BCUT2D eigenvalue weighted by Gasteiger charge is 2.07. The lowest BCUT2D eigenvalue weighted by Crippen LogP contribution is -2.20. The molecule has 106 valence electrons. The normalized spacial score (nSPS) is 12.2. The van der Waals surface area contributed by atoms with E-state index in [1.54, 1.807) is 18.2 Å². The van der Waals surface area contributed by atoms with Gasteiger partial charge in [-0.3, -0.25) is 4.79 Å². The first-order chi connectivity index (χ1) is 9.02. The fourth-order valence-corrected chi connectivity index (χ4v) is 1.94. The highest BCUT2D eigenvalue weighted by Crippen LogP contribution is 2.22. The van der Waals surface area contributed by atoms with E-state index in [-0.39, 0.29) is 12.5 Å². The van der Waals surface area contributed by atoms with Crippen molar-refractivity contribution in [2.75, 3.05) is 24.3 Å². The molecule has 0 aliphatic carbocycles. The van der Waals surface area contributed by atoms with Crippen LogP contribution in [0.25, 0.3) is 0 Å². The number of nitrogens with two attached hydrogens (primary N) is 1. The average molecular weight is 285 g/mol. The smallest absolute Gasteiger partial charge is 0.250 e. The van der Waals surface area contributed by atoms with Gasteiger partial charge in [-0.15, -0.1) is 0 Å². The largest absolute Gasteiger partial charge is 0.397 e. The van der Waals surface area contributed by atoms with Gasteiger partial charge in [-0.25, -0.2) is 0 Å². The van der Waals surface area contributed by atoms with Crippen LogP contribution in [0.3, 0.4) is 0 Å². The zero-order valence-corrected chi connectivity index (χ0v) is 12.2. The molecule has 0 radical (unpaired) electrons. The van der Waals surface area contributed by atoms with E-state index in [0.29, 0.717) is 28.9 Å². The molecule has 4 nitrogen and oxygen atoms in total. The molecule has 0 fully saturated rings. The van der Waals surface area contributed by atoms with E-state index in [2.05, 4.69) is 19.2 Å². The van der Waals surface area contributed by atoms with E-state index in [0.717, 1.165) is 12.8 Å². The summed E-state index contributed by atoms with van der Waals surface area (Å²) < 4.78 is 5.37. The molecular weight excluding hydrogens is 264 g/mol. The fourth-order valence-electron chi connectivity index (χ4n) is 1.76. The molecule has 0 spiro atoms. The molecule has 1 atom stereocenters. The second kappa shape index (κ2) is 8.02. The zero-order chi connectivity index (χ0) is 14.3. The van der Waals surface area contributed by atoms with Gasteiger partial charge in [-0.2, -0.15) is 0 Å². The highest BCUT2D eigenvalue weighted by molar-refractivity contribution is 6.31. The number of nitrogens with one attached hydrogen (secondary N) is 1. The minimum Gasteiger partial charge on any atom is -0.397 e. The summed E-state index contributed by atoms with van der Waals surface area (Å²) in [5, 5.41) is 3.24. The number of anilines is 2. The Morgan fingerprint density at radius 1 is 1.53 bits per heavy atom. The first-order valence-electron chi connectivity index (χ1n) is 6.45. The van der Waals surface area contributed by atoms with Crippen LogP contribution >= 0.6 is 11.6 Å². The van der Waals surface area contributed by atoms with Gasteiger partial charge in [0.25, 0.3) is 0 Å². The number of hydrogen-bond acceptors (Lipinski definition) is 3. The molecule has 1 amide bonds. The van der Waals surface area contributed by atoms with Crippen LogP contribution in [-0.4, -0.2) is 19.1 Å². The molecule has 1 rings (SSSR count). The van der Waals surface area contributed by atoms with Gasteiger partial charge in [0.15, 0.2) is 0 Å². The Labute approximate surface area is 119 Å². The number of carbonyl (C=O) groups excluding carboxylic acids is 1. The molecule has 0 aliphatic rings. The Balaban J connectivity index is 2.35. The SMILES string of the molecule is CCCC(C)COCC(=O)Nc1ccc(Cl)cc1N. The minimum absolute atomic E-state index is 0.0378. The van der Waals surface area contributed by atoms with Crippen molar-refractivity contribution in [3.8, 4) is 0 Å². The number of hydrogen-bond donors (Lipinski definition) is 2. The molecule has 0 bridgehead atoms. The number of carbonyl (C=O) groups is 1. The monoisotopic (exact) mass is 284 g/mol. The molecule has 0 saturated carbocycles. The third kappa shape index (κ3) is 5.94. The molecule has 3 N–H and O–H groups in total. The van der Waals surface area contributed by atoms with Crippen molar-refractivity contribution in [1.29, 1.82) is 0 Å². The molecule has 0 heterocycles. The molecule has 0 saturated heterocycles. The predicted octanol–water partition coefficient (Wildman–Crippen LogP) is 3.31. The number of halogens is 1. The summed E-state index contributed by atoms with van der Waals surface area (Å²) >= 11 is 5.78. The van der Waals surface area contributed by atoms with Crippen molar-refractivity contribution in [2.24, 2.45) is 5.92 Å². The van der Waals surface area contributed by atoms with Crippen molar-refractivity contribution in [3.63, 3.8) is 0 Å². The summed E-state index contributed by atoms with van der Waals surface area (Å²) in [5.74, 6) is 0.260. The maximum absolute atomic E-state index is 11.7. The Morgan fingerprint density at radius 3 is 2.89 bits per heavy atom. The lowest BCUT2D eigenvalue weighted by molar-refractivity contribution is -0.121. The highest BCUT2D eigenvalue weighted by atomic mass is 35.5. The molecule has 0 aliphatic heterocycles. The first-order valence-corrected chi connectivity index (χ1v) is 6.83. The number of rotatable bonds is 7. The van der Waals surface area contributed by atoms with E-state index in [1.807, 2.05) is 0 Å². The van der Waals surface area contributed by atoms with Crippen molar-refractivity contribution >= 4 is 28.9 Å². The third-order valence-electron chi connectivity index (χ3n) is 2.70. The van der Waals surface area contributed by atoms with Crippen LogP contribution in [-0.2, 0) is 9.53 Å². The van der Waals surface area contributed by atoms with E-state index in [4.69, 9.17) is 22.1 Å². The second-order valence-corrected chi connectivity index (χ2v) is 5.13. The van der Waals surface area contributed by atoms with Crippen molar-refractivity contribution < 1.29 is 9.53 Å². The Kier molecular flexibility index (Phi) is 6.67. The van der Waals surface area contributed by atoms with Crippen LogP contribution in [0.1, 0.15) is 26.7 Å². The molecule has 0 aromatic heterocycles. The van der Waals surface area contributed by atoms with Gasteiger partial charge in [-0.05, 0) is 30.5 Å². The van der Waals surface area contributed by atoms with Gasteiger partial charge in [0.1, 0.15) is 6.61 Å². The molecule has 5 heteroatoms. The molecule has 1 aromatic rings. The number of nitrogen functional groups attached to an aromatic ring is 1. The molecule has 1 unspecified atom stereocenters. The quantitative estimate of drug-likeness (QED) is 0.755. The van der Waals surface area contributed by atoms with Gasteiger partial charge >= 0.3 is 0 Å². The van der Waals surface area contributed by atoms with Gasteiger partial charge < -0.3 is 15.8 Å². The molecule has 1 aromatic carbocycles. The average Bonchev–Trinajstić information content (AvgIpc) is 2.33. The van der Waals surface area contributed by atoms with Gasteiger partial charge in [-0.1, -0.05) is 31.9 Å². The van der Waals surface area contributed by atoms with E-state index >= 15 is 0 Å². The number of ether oxygens (including phenoxy) is 1. The Morgan fingerprint density at radius 2 is 2.26 bits per heavy atom. The first kappa shape index (κ1) is 15.8. The summed E-state index contributed by atoms with van der Waals surface area (Å²) in [4.78, 5) is 11.7. The van der Waals surface area contributed by atoms with Crippen LogP contribution in [0.4, 0.5) is 11.4 Å². The number of benzene rings is 1. The summed E-state index contributed by atoms with van der Waals surface area (Å²) in [6.07, 6.45) is 2.23. The third-order valence-corrected chi connectivity index (χ3v) is 2.94. The Hall–Kier alpha value is -1.26. The lowest BCUT2D eigenvalue weighted by atomic mass is 10.1. The zero-order valence-electron chi connectivity index (χ0n) is 11.4. The van der Waals surface area contributed by atoms with Crippen molar-refractivity contribution in [2.45, 2.75) is 26.7 Å². The van der Waals surface area contributed by atoms with Crippen LogP contribution in [0.5, 0.6) is 0 Å². The summed E-state index contributed by atoms with van der Waals surface area (Å²) in [5.41, 5.74) is 6.75. The van der Waals surface area contributed by atoms with E-state index in [1.165, 1.54) is 0 Å². The maximum atomic E-state index is 11.7. The van der Waals surface area contributed by atoms with Gasteiger partial charge in [0.2, 0.25) is 5.91 Å². The maximum Gasteiger partial charge on any atom is 0.250 e. The molecule has 19 heavy (non-hydrogen) atoms. The summed E-state index contributed by atoms with van der Waals surface area (Å²) in [6, 6.07) is 4.95. The predicted molar refractivity (Wildman–Crippen MR) is 79.4 cm³/mol. The van der Waals surface area contributed by atoms with Gasteiger partial charge in [0.05, 0.1) is 11.4 Å². The standard InChI is InChI=1S/C14H21ClN2O2/c1-3-4-10(2)8-19-9-14(18)17-13-6-5-11(15)7-12(13)16/h5-7,10H,3-4,8-9,16H2,1-2H3,(H,17,18).